The molecule has 4 amide bonds. The van der Waals surface area contributed by atoms with Crippen LogP contribution < -0.4 is 268 Å². The number of hydrogen-bond donors (Lipinski definition) is 5. The molecular formula is C56H84N4Na8O48S7. The molecule has 9 rings (SSSR count). The number of rotatable bonds is 45. The molecular weight excluding hydrogens is 1900 g/mol. The minimum absolute atomic E-state index is 0. The summed E-state index contributed by atoms with van der Waals surface area (Å²) < 4.78 is 341. The van der Waals surface area contributed by atoms with Crippen LogP contribution in [0.5, 0.6) is 0 Å². The first-order chi connectivity index (χ1) is 53.7. The number of hydrogen-bond acceptors (Lipinski definition) is 49. The van der Waals surface area contributed by atoms with Gasteiger partial charge in [0.25, 0.3) is 0 Å². The van der Waals surface area contributed by atoms with Gasteiger partial charge in [0, 0.05) is 72.5 Å². The fourth-order valence-corrected chi connectivity index (χ4v) is 18.3. The third kappa shape index (κ3) is 35.4. The minimum atomic E-state index is -6.54. The Bertz CT molecular complexity index is 4070. The van der Waals surface area contributed by atoms with Gasteiger partial charge in [-0.15, -0.1) is 0 Å². The molecule has 0 aliphatic carbocycles. The Balaban J connectivity index is 0.0000186. The maximum Gasteiger partial charge on any atom is 1.00 e. The van der Waals surface area contributed by atoms with Gasteiger partial charge in [-0.05, 0) is 39.0 Å². The Hall–Kier alpha value is 4.04. The molecule has 0 aromatic carbocycles. The number of unbranched alkanes of at least 4 members (excludes halogenated alkanes) is 3. The van der Waals surface area contributed by atoms with E-state index in [-0.39, 0.29) is 298 Å². The largest absolute Gasteiger partial charge is 1.00 e. The van der Waals surface area contributed by atoms with Gasteiger partial charge >= 0.3 is 242 Å². The van der Waals surface area contributed by atoms with Crippen LogP contribution in [0.15, 0.2) is 0 Å². The average molecular weight is 1990 g/mol. The molecule has 28 atom stereocenters. The zero-order valence-electron chi connectivity index (χ0n) is 69.3. The molecule has 0 aromatic heterocycles. The second kappa shape index (κ2) is 55.7. The first-order valence-electron chi connectivity index (χ1n) is 34.6. The number of methoxy groups -OCH3 is 5. The summed E-state index contributed by atoms with van der Waals surface area (Å²) in [7, 11) is -32.1. The van der Waals surface area contributed by atoms with Crippen molar-refractivity contribution in [2.75, 3.05) is 80.9 Å². The van der Waals surface area contributed by atoms with E-state index >= 15 is 0 Å². The molecule has 67 heteroatoms. The maximum absolute atomic E-state index is 14.0. The van der Waals surface area contributed by atoms with Crippen molar-refractivity contribution in [1.29, 1.82) is 0 Å². The van der Waals surface area contributed by atoms with Gasteiger partial charge in [-0.1, -0.05) is 19.8 Å². The molecule has 9 fully saturated rings. The third-order valence-corrected chi connectivity index (χ3v) is 23.5. The number of urea groups is 1. The van der Waals surface area contributed by atoms with E-state index in [1.54, 1.807) is 11.8 Å². The molecule has 5 N–H and O–H groups in total. The van der Waals surface area contributed by atoms with E-state index in [0.29, 0.717) is 19.3 Å². The third-order valence-electron chi connectivity index (χ3n) is 19.4. The number of carboxylic acid groups (broad SMARTS) is 2. The van der Waals surface area contributed by atoms with Crippen LogP contribution >= 0.6 is 11.8 Å². The zero-order valence-corrected chi connectivity index (χ0v) is 91.0. The number of aliphatic carboxylic acids is 2. The molecule has 0 radical (unpaired) electrons. The minimum Gasteiger partial charge on any atom is -0.726 e. The molecule has 0 aromatic rings. The van der Waals surface area contributed by atoms with Crippen molar-refractivity contribution in [2.24, 2.45) is 0 Å². The molecule has 123 heavy (non-hydrogen) atoms. The predicted octanol–water partition coefficient (Wildman–Crippen LogP) is -34.4. The van der Waals surface area contributed by atoms with Gasteiger partial charge in [0.2, 0.25) is 74.2 Å². The Morgan fingerprint density at radius 3 is 1.50 bits per heavy atom. The summed E-state index contributed by atoms with van der Waals surface area (Å²) in [6.45, 7) is -3.61. The topological polar surface area (TPSA) is 746 Å². The van der Waals surface area contributed by atoms with Crippen LogP contribution in [-0.2, 0) is 182 Å². The SMILES string of the molecule is CCO[C@H]1[C@H](O)[C@@H](COS(=O)(=O)[O-])O[C@H](O[C@H]2[C@H](OC)[C@@H](OC)[C@H](O[C@H]3[C@H](OS(=O)(=O)[O-])[C@@H](OS(=O)(=O)[O-])[C@@H](O[C@H]4[C@H](OC)[C@H]5OC[C@]4(C(=O)[O-])OC5O[C@H]4[C@H](OC)[C@@H](OS(=O)(=O)[O-])[C@@H](OC)O[C@@H]4COS(=O)(=O)[O-])O[C@@H]3COS(=O)(=O)[O-])O[C@]2(CC)C(=O)[O-])[C@@H]1NC(=O)CCCCCNC(=O)CCCCC1SCC2NC(=O)NC21.[Na+].[Na+].[Na+].[Na+].[Na+].[Na+].[Na+].[Na+]. The quantitative estimate of drug-likeness (QED) is 0.0124. The van der Waals surface area contributed by atoms with Crippen molar-refractivity contribution >= 4 is 104 Å². The van der Waals surface area contributed by atoms with Crippen LogP contribution in [0.25, 0.3) is 0 Å². The van der Waals surface area contributed by atoms with Crippen LogP contribution in [0.2, 0.25) is 0 Å². The van der Waals surface area contributed by atoms with Crippen LogP contribution in [0, 0.1) is 0 Å². The fourth-order valence-electron chi connectivity index (χ4n) is 14.4. The van der Waals surface area contributed by atoms with E-state index in [9.17, 15) is 117 Å². The second-order valence-corrected chi connectivity index (χ2v) is 33.9. The Kier molecular flexibility index (Phi) is 57.6. The molecule has 0 saturated carbocycles. The van der Waals surface area contributed by atoms with Crippen molar-refractivity contribution in [2.45, 2.75) is 241 Å². The van der Waals surface area contributed by atoms with Crippen molar-refractivity contribution in [3.63, 3.8) is 0 Å². The smallest absolute Gasteiger partial charge is 0.726 e. The van der Waals surface area contributed by atoms with Gasteiger partial charge in [0.1, 0.15) is 103 Å². The normalized spacial score (nSPS) is 34.9. The molecule has 9 aliphatic rings. The van der Waals surface area contributed by atoms with E-state index in [2.05, 4.69) is 42.2 Å². The number of aliphatic hydroxyl groups excluding tert-OH is 1. The van der Waals surface area contributed by atoms with Gasteiger partial charge in [0.15, 0.2) is 49.3 Å². The van der Waals surface area contributed by atoms with Crippen molar-refractivity contribution in [3.05, 3.63) is 0 Å². The van der Waals surface area contributed by atoms with Gasteiger partial charge in [-0.2, -0.15) is 11.8 Å². The number of aliphatic hydroxyl groups is 1. The number of carbonyl (C=O) groups is 5. The standard InChI is InChI=1S/C56H92N4O48S7.8Na/c1-8-55(52(64)65)45(102-47-32(36(92-9-2)33(63)25(97-47)19-94-110(69,70)71)59-30(62)17-11-10-14-18-57-29(61)16-13-12-15-28-31-24(22-109-28)58-54(68)60-31)39(88-4)41(90-6)50(104-55)101-35-27(21-96-112(75,76)77)99-49(44(108-115(84,85)86)38(35)106-113(78,79)80)103-46-40(89-5)42-51(105-56(46,23-93-42)53(66)67)100-34-26(20-95-111(72,73)74)98-48(91-7)43(37(34)87-3)107-114(81,82)83;;;;;;;;/h24-28,31-51,63H,8-23H2,1-7H3,(H,57,61)(H,59,62)(H,64,65)(H,66,67)(H2,58,60,68)(H,69,70,71)(H,72,73,74)(H,75,76,77)(H,78,79,80)(H,81,82,83)(H,84,85,86);;;;;;;;/q;8*+1/p-8/t24?,25-,26-,27-,28?,31?,32-,33-,34-,35-,36-,37+,38+,39-,40-,41-,42-,43-,44-,45+,46+,47-,48+,49-,50-,51?,55+,56+;;;;;;;;/m1......../s1. The van der Waals surface area contributed by atoms with Gasteiger partial charge in [0.05, 0.1) is 50.4 Å². The van der Waals surface area contributed by atoms with Gasteiger partial charge in [-0.25, -0.2) is 55.3 Å². The second-order valence-electron chi connectivity index (χ2n) is 26.5. The van der Waals surface area contributed by atoms with E-state index in [1.165, 1.54) is 6.92 Å². The summed E-state index contributed by atoms with van der Waals surface area (Å²) in [6, 6.07) is -1.99. The molecule has 52 nitrogen and oxygen atoms in total. The Morgan fingerprint density at radius 1 is 0.504 bits per heavy atom. The van der Waals surface area contributed by atoms with E-state index in [4.69, 9.17) is 80.0 Å². The first-order valence-corrected chi connectivity index (χ1v) is 43.6. The molecule has 2 bridgehead atoms. The Labute approximate surface area is 889 Å². The van der Waals surface area contributed by atoms with Gasteiger partial charge in [-0.3, -0.25) is 34.7 Å². The van der Waals surface area contributed by atoms with Gasteiger partial charge < -0.3 is 149 Å². The maximum atomic E-state index is 14.0. The van der Waals surface area contributed by atoms with Crippen molar-refractivity contribution < 1.29 is 454 Å². The summed E-state index contributed by atoms with van der Waals surface area (Å²) in [5.74, 6) is -5.11. The number of carboxylic acids is 2. The number of nitrogens with one attached hydrogen (secondary N) is 4. The Morgan fingerprint density at radius 2 is 0.992 bits per heavy atom. The summed E-state index contributed by atoms with van der Waals surface area (Å²) in [4.78, 5) is 66.2. The number of fused-ring (bicyclic) bond motifs is 4. The zero-order chi connectivity index (χ0) is 85.3. The molecule has 666 valence electrons. The van der Waals surface area contributed by atoms with Crippen LogP contribution in [0.1, 0.15) is 71.6 Å². The van der Waals surface area contributed by atoms with Crippen LogP contribution in [0.3, 0.4) is 0 Å². The average Bonchev–Trinajstić information content (AvgIpc) is 0.962. The van der Waals surface area contributed by atoms with E-state index in [0.717, 1.165) is 61.1 Å². The predicted molar refractivity (Wildman–Crippen MR) is 350 cm³/mol. The fraction of sp³-hybridized carbons (Fsp3) is 0.911. The molecule has 9 aliphatic heterocycles. The molecule has 4 unspecified atom stereocenters. The van der Waals surface area contributed by atoms with Crippen LogP contribution in [0.4, 0.5) is 4.79 Å². The number of amides is 4. The number of carbonyl (C=O) groups excluding carboxylic acids is 5. The molecule has 0 spiro atoms. The monoisotopic (exact) mass is 1990 g/mol. The summed E-state index contributed by atoms with van der Waals surface area (Å²) in [5.41, 5.74) is -6.62. The van der Waals surface area contributed by atoms with Crippen molar-refractivity contribution in [3.8, 4) is 0 Å². The van der Waals surface area contributed by atoms with Crippen LogP contribution in [-0.4, -0.2) is 363 Å². The summed E-state index contributed by atoms with van der Waals surface area (Å²) in [5, 5.41) is 50.8. The van der Waals surface area contributed by atoms with Crippen molar-refractivity contribution in [1.82, 2.24) is 21.3 Å². The number of ether oxygens (including phenoxy) is 16. The molecule has 9 heterocycles. The summed E-state index contributed by atoms with van der Waals surface area (Å²) >= 11 is 1.74. The molecule has 9 saturated heterocycles. The number of thioether (sulfide) groups is 1. The van der Waals surface area contributed by atoms with E-state index in [1.807, 2.05) is 0 Å². The first kappa shape index (κ1) is 127. The summed E-state index contributed by atoms with van der Waals surface area (Å²) in [6.07, 6.45) is -51.0. The van der Waals surface area contributed by atoms with E-state index < -0.39 is 266 Å².